The van der Waals surface area contributed by atoms with Crippen LogP contribution in [0.3, 0.4) is 0 Å². The zero-order valence-corrected chi connectivity index (χ0v) is 20.0. The van der Waals surface area contributed by atoms with Gasteiger partial charge in [-0.2, -0.15) is 26.3 Å². The Balaban J connectivity index is 0.00000210. The lowest BCUT2D eigenvalue weighted by Crippen LogP contribution is -2.46. The second-order valence-electron chi connectivity index (χ2n) is 10.2. The van der Waals surface area contributed by atoms with Gasteiger partial charge >= 0.3 is 12.4 Å². The van der Waals surface area contributed by atoms with Crippen LogP contribution in [0.5, 0.6) is 0 Å². The maximum Gasteiger partial charge on any atom is 0.418 e. The van der Waals surface area contributed by atoms with Crippen LogP contribution in [0, 0.1) is 11.8 Å². The van der Waals surface area contributed by atoms with E-state index >= 15 is 0 Å². The summed E-state index contributed by atoms with van der Waals surface area (Å²) in [6.07, 6.45) is -6.69. The maximum atomic E-state index is 13.7. The Labute approximate surface area is 212 Å². The lowest BCUT2D eigenvalue weighted by atomic mass is 10.0. The molecular weight excluding hydrogens is 502 g/mol. The van der Waals surface area contributed by atoms with Crippen LogP contribution in [-0.4, -0.2) is 83.7 Å². The molecule has 3 aliphatic rings. The molecular formula is C24H32F6N6O. The van der Waals surface area contributed by atoms with Crippen LogP contribution in [-0.2, 0) is 6.18 Å². The van der Waals surface area contributed by atoms with Gasteiger partial charge in [0.15, 0.2) is 0 Å². The summed E-state index contributed by atoms with van der Waals surface area (Å²) in [7, 11) is 0. The average Bonchev–Trinajstić information content (AvgIpc) is 3.45. The number of alkyl halides is 6. The topological polar surface area (TPSA) is 73.4 Å². The van der Waals surface area contributed by atoms with E-state index in [1.807, 2.05) is 5.32 Å². The number of halogens is 6. The van der Waals surface area contributed by atoms with Crippen molar-refractivity contribution < 1.29 is 34.0 Å². The maximum absolute atomic E-state index is 13.7. The van der Waals surface area contributed by atoms with Gasteiger partial charge in [0.2, 0.25) is 0 Å². The molecule has 3 fully saturated rings. The monoisotopic (exact) mass is 534 g/mol. The first-order valence-electron chi connectivity index (χ1n) is 12.4. The molecule has 2 N–H and O–H groups in total. The lowest BCUT2D eigenvalue weighted by molar-refractivity contribution is -0.136. The molecule has 5 rings (SSSR count). The molecule has 13 heteroatoms. The number of hydrogen-bond donors (Lipinski definition) is 2. The summed E-state index contributed by atoms with van der Waals surface area (Å²) < 4.78 is 78.5. The number of rotatable bonds is 7. The second-order valence-corrected chi connectivity index (χ2v) is 10.2. The van der Waals surface area contributed by atoms with Crippen LogP contribution >= 0.6 is 0 Å². The molecule has 4 heterocycles. The van der Waals surface area contributed by atoms with E-state index in [2.05, 4.69) is 25.1 Å². The summed E-state index contributed by atoms with van der Waals surface area (Å²) in [6, 6.07) is 2.75. The summed E-state index contributed by atoms with van der Waals surface area (Å²) in [5.74, 6) is 0.634. The predicted octanol–water partition coefficient (Wildman–Crippen LogP) is 4.26. The quantitative estimate of drug-likeness (QED) is 0.518. The van der Waals surface area contributed by atoms with Crippen molar-refractivity contribution in [2.75, 3.05) is 51.1 Å². The number of fused-ring (bicyclic) bond motifs is 2. The predicted molar refractivity (Wildman–Crippen MR) is 128 cm³/mol. The van der Waals surface area contributed by atoms with Gasteiger partial charge in [-0.1, -0.05) is 0 Å². The van der Waals surface area contributed by atoms with Crippen molar-refractivity contribution in [1.29, 1.82) is 0 Å². The van der Waals surface area contributed by atoms with Crippen molar-refractivity contribution in [3.63, 3.8) is 0 Å². The molecule has 2 saturated heterocycles. The Hall–Kier alpha value is -2.67. The summed E-state index contributed by atoms with van der Waals surface area (Å²) in [6.45, 7) is 4.56. The summed E-state index contributed by atoms with van der Waals surface area (Å²) >= 11 is 0. The molecule has 1 amide bonds. The van der Waals surface area contributed by atoms with Crippen molar-refractivity contribution in [2.24, 2.45) is 11.8 Å². The number of anilines is 1. The van der Waals surface area contributed by atoms with E-state index in [1.54, 1.807) is 0 Å². The van der Waals surface area contributed by atoms with Gasteiger partial charge in [-0.25, -0.2) is 9.97 Å². The van der Waals surface area contributed by atoms with Gasteiger partial charge < -0.3 is 20.4 Å². The highest BCUT2D eigenvalue weighted by Crippen LogP contribution is 2.44. The van der Waals surface area contributed by atoms with Gasteiger partial charge in [0.1, 0.15) is 23.6 Å². The number of aromatic nitrogens is 2. The van der Waals surface area contributed by atoms with Gasteiger partial charge in [0.25, 0.3) is 5.91 Å². The Morgan fingerprint density at radius 3 is 2.32 bits per heavy atom. The lowest BCUT2D eigenvalue weighted by Gasteiger charge is -2.33. The van der Waals surface area contributed by atoms with Crippen LogP contribution in [0.25, 0.3) is 11.0 Å². The van der Waals surface area contributed by atoms with Crippen LogP contribution in [0.1, 0.15) is 38.2 Å². The fraction of sp³-hybridized carbons (Fsp3) is 0.625. The summed E-state index contributed by atoms with van der Waals surface area (Å²) in [5.41, 5.74) is -2.32. The minimum absolute atomic E-state index is 0. The first-order chi connectivity index (χ1) is 17.4. The van der Waals surface area contributed by atoms with E-state index in [9.17, 15) is 31.1 Å². The van der Waals surface area contributed by atoms with Crippen molar-refractivity contribution in [3.05, 3.63) is 29.5 Å². The summed E-state index contributed by atoms with van der Waals surface area (Å²) in [4.78, 5) is 25.4. The van der Waals surface area contributed by atoms with E-state index in [0.717, 1.165) is 56.9 Å². The SMILES string of the molecule is O=C(NC1CCN(CCN2CC3CC3C2)CC1)c1ccc2nc(NCC(F)(F)F)cc(C(F)(F)F)c2n1.[HH].[HH]. The number of nitrogens with one attached hydrogen (secondary N) is 2. The minimum Gasteiger partial charge on any atom is -0.361 e. The molecule has 2 aromatic heterocycles. The summed E-state index contributed by atoms with van der Waals surface area (Å²) in [5, 5.41) is 4.72. The van der Waals surface area contributed by atoms with Crippen molar-refractivity contribution in [1.82, 2.24) is 25.1 Å². The van der Waals surface area contributed by atoms with E-state index in [1.165, 1.54) is 25.6 Å². The van der Waals surface area contributed by atoms with Gasteiger partial charge in [0.05, 0.1) is 11.1 Å². The number of piperidine rings is 2. The zero-order chi connectivity index (χ0) is 26.4. The van der Waals surface area contributed by atoms with Crippen LogP contribution in [0.15, 0.2) is 18.2 Å². The molecule has 2 unspecified atom stereocenters. The number of likely N-dealkylation sites (tertiary alicyclic amines) is 2. The molecule has 0 radical (unpaired) electrons. The van der Waals surface area contributed by atoms with E-state index < -0.39 is 41.7 Å². The molecule has 2 aliphatic heterocycles. The number of nitrogens with zero attached hydrogens (tertiary/aromatic N) is 4. The number of carbonyl (C=O) groups excluding carboxylic acids is 1. The molecule has 0 aromatic carbocycles. The van der Waals surface area contributed by atoms with E-state index in [4.69, 9.17) is 0 Å². The highest BCUT2D eigenvalue weighted by atomic mass is 19.4. The average molecular weight is 535 g/mol. The van der Waals surface area contributed by atoms with Crippen LogP contribution < -0.4 is 10.6 Å². The molecule has 37 heavy (non-hydrogen) atoms. The molecule has 1 aliphatic carbocycles. The van der Waals surface area contributed by atoms with Gasteiger partial charge in [-0.3, -0.25) is 4.79 Å². The second kappa shape index (κ2) is 9.90. The highest BCUT2D eigenvalue weighted by molar-refractivity contribution is 5.95. The van der Waals surface area contributed by atoms with Gasteiger partial charge in [-0.15, -0.1) is 0 Å². The molecule has 1 saturated carbocycles. The fourth-order valence-corrected chi connectivity index (χ4v) is 5.25. The zero-order valence-electron chi connectivity index (χ0n) is 20.0. The highest BCUT2D eigenvalue weighted by Gasteiger charge is 2.44. The Kier molecular flexibility index (Phi) is 6.94. The fourth-order valence-electron chi connectivity index (χ4n) is 5.25. The number of carbonyl (C=O) groups is 1. The first kappa shape index (κ1) is 26.0. The van der Waals surface area contributed by atoms with Crippen LogP contribution in [0.4, 0.5) is 32.2 Å². The third-order valence-electron chi connectivity index (χ3n) is 7.37. The number of amides is 1. The van der Waals surface area contributed by atoms with E-state index in [-0.39, 0.29) is 20.1 Å². The largest absolute Gasteiger partial charge is 0.418 e. The molecule has 206 valence electrons. The Morgan fingerprint density at radius 2 is 1.68 bits per heavy atom. The molecule has 0 bridgehead atoms. The van der Waals surface area contributed by atoms with Crippen molar-refractivity contribution in [2.45, 2.75) is 37.7 Å². The molecule has 7 nitrogen and oxygen atoms in total. The van der Waals surface area contributed by atoms with Crippen molar-refractivity contribution >= 4 is 22.8 Å². The number of pyridine rings is 2. The molecule has 2 aromatic rings. The van der Waals surface area contributed by atoms with E-state index in [0.29, 0.717) is 6.07 Å². The Morgan fingerprint density at radius 1 is 1.00 bits per heavy atom. The Bertz CT molecular complexity index is 1150. The van der Waals surface area contributed by atoms with Gasteiger partial charge in [0, 0.05) is 48.2 Å². The van der Waals surface area contributed by atoms with Gasteiger partial charge in [-0.05, 0) is 49.3 Å². The molecule has 2 atom stereocenters. The number of hydrogen-bond acceptors (Lipinski definition) is 6. The third kappa shape index (κ3) is 6.43. The van der Waals surface area contributed by atoms with Crippen molar-refractivity contribution in [3.8, 4) is 0 Å². The standard InChI is InChI=1S/C24H28F6N6O.2H2/c25-23(26,27)13-31-20-10-17(24(28,29)30)21-18(33-20)1-2-19(34-21)22(37)32-16-3-5-35(6-4-16)7-8-36-11-14-9-15(14)12-36;;/h1-2,10,14-16H,3-9,11-13H2,(H,31,33)(H,32,37);2*1H. The normalized spacial score (nSPS) is 23.3. The first-order valence-corrected chi connectivity index (χ1v) is 12.4. The van der Waals surface area contributed by atoms with Crippen LogP contribution in [0.2, 0.25) is 0 Å². The molecule has 0 spiro atoms. The smallest absolute Gasteiger partial charge is 0.361 e. The third-order valence-corrected chi connectivity index (χ3v) is 7.37. The minimum atomic E-state index is -4.90.